The highest BCUT2D eigenvalue weighted by molar-refractivity contribution is 9.10. The fourth-order valence-electron chi connectivity index (χ4n) is 2.88. The molecule has 19 heavy (non-hydrogen) atoms. The first-order valence-corrected chi connectivity index (χ1v) is 8.00. The summed E-state index contributed by atoms with van der Waals surface area (Å²) in [6.45, 7) is 8.74. The van der Waals surface area contributed by atoms with E-state index in [1.54, 1.807) is 6.92 Å². The van der Waals surface area contributed by atoms with Crippen molar-refractivity contribution in [3.8, 4) is 0 Å². The van der Waals surface area contributed by atoms with Crippen LogP contribution in [0.25, 0.3) is 0 Å². The molecule has 1 saturated heterocycles. The van der Waals surface area contributed by atoms with E-state index in [1.165, 1.54) is 18.5 Å². The second-order valence-corrected chi connectivity index (χ2v) is 6.80. The third-order valence-corrected chi connectivity index (χ3v) is 4.97. The van der Waals surface area contributed by atoms with Crippen molar-refractivity contribution in [2.24, 2.45) is 11.8 Å². The lowest BCUT2D eigenvalue weighted by Gasteiger charge is -2.35. The van der Waals surface area contributed by atoms with Gasteiger partial charge in [-0.2, -0.15) is 0 Å². The van der Waals surface area contributed by atoms with Gasteiger partial charge in [-0.25, -0.2) is 0 Å². The van der Waals surface area contributed by atoms with Crippen molar-refractivity contribution in [2.75, 3.05) is 18.0 Å². The van der Waals surface area contributed by atoms with Crippen molar-refractivity contribution in [1.29, 1.82) is 0 Å². The standard InChI is InChI=1S/C16H24BrNO/c1-11(2)13-6-8-18(9-7-13)14-4-5-15(12(3)19)16(17)10-14/h4-5,10-13,19H,6-9H2,1-3H3. The van der Waals surface area contributed by atoms with Crippen LogP contribution in [0.15, 0.2) is 22.7 Å². The molecule has 106 valence electrons. The molecule has 0 bridgehead atoms. The maximum Gasteiger partial charge on any atom is 0.0772 e. The number of benzene rings is 1. The minimum absolute atomic E-state index is 0.421. The molecule has 1 aliphatic heterocycles. The predicted octanol–water partition coefficient (Wildman–Crippen LogP) is 4.37. The number of nitrogens with zero attached hydrogens (tertiary/aromatic N) is 1. The van der Waals surface area contributed by atoms with Gasteiger partial charge < -0.3 is 10.0 Å². The molecule has 1 unspecified atom stereocenters. The van der Waals surface area contributed by atoms with Crippen LogP contribution in [0.1, 0.15) is 45.3 Å². The first kappa shape index (κ1) is 14.9. The molecular formula is C16H24BrNO. The van der Waals surface area contributed by atoms with Crippen LogP contribution in [0.2, 0.25) is 0 Å². The highest BCUT2D eigenvalue weighted by atomic mass is 79.9. The zero-order valence-electron chi connectivity index (χ0n) is 12.1. The molecule has 1 aliphatic rings. The van der Waals surface area contributed by atoms with E-state index < -0.39 is 6.10 Å². The Balaban J connectivity index is 2.06. The van der Waals surface area contributed by atoms with Gasteiger partial charge in [0.25, 0.3) is 0 Å². The first-order valence-electron chi connectivity index (χ1n) is 7.21. The van der Waals surface area contributed by atoms with Crippen LogP contribution < -0.4 is 4.90 Å². The lowest BCUT2D eigenvalue weighted by atomic mass is 9.86. The Bertz CT molecular complexity index is 423. The smallest absolute Gasteiger partial charge is 0.0772 e. The summed E-state index contributed by atoms with van der Waals surface area (Å²) in [5.41, 5.74) is 2.22. The van der Waals surface area contributed by atoms with Crippen molar-refractivity contribution >= 4 is 21.6 Å². The number of aliphatic hydroxyl groups excluding tert-OH is 1. The summed E-state index contributed by atoms with van der Waals surface area (Å²) in [4.78, 5) is 2.45. The molecule has 0 spiro atoms. The molecule has 2 nitrogen and oxygen atoms in total. The van der Waals surface area contributed by atoms with Gasteiger partial charge in [-0.1, -0.05) is 35.8 Å². The number of aliphatic hydroxyl groups is 1. The average Bonchev–Trinajstić information content (AvgIpc) is 2.38. The SMILES string of the molecule is CC(O)c1ccc(N2CCC(C(C)C)CC2)cc1Br. The fourth-order valence-corrected chi connectivity index (χ4v) is 3.57. The lowest BCUT2D eigenvalue weighted by Crippen LogP contribution is -2.35. The van der Waals surface area contributed by atoms with Crippen LogP contribution in [0, 0.1) is 11.8 Å². The minimum Gasteiger partial charge on any atom is -0.389 e. The normalized spacial score (nSPS) is 18.9. The second kappa shape index (κ2) is 6.27. The molecule has 3 heteroatoms. The topological polar surface area (TPSA) is 23.5 Å². The van der Waals surface area contributed by atoms with Crippen LogP contribution in [0.4, 0.5) is 5.69 Å². The van der Waals surface area contributed by atoms with Crippen LogP contribution in [-0.4, -0.2) is 18.2 Å². The number of halogens is 1. The van der Waals surface area contributed by atoms with Gasteiger partial charge in [0.15, 0.2) is 0 Å². The summed E-state index contributed by atoms with van der Waals surface area (Å²) in [6.07, 6.45) is 2.15. The van der Waals surface area contributed by atoms with Crippen molar-refractivity contribution in [3.05, 3.63) is 28.2 Å². The van der Waals surface area contributed by atoms with Gasteiger partial charge >= 0.3 is 0 Å². The highest BCUT2D eigenvalue weighted by Crippen LogP contribution is 2.31. The van der Waals surface area contributed by atoms with Gasteiger partial charge in [0.2, 0.25) is 0 Å². The summed E-state index contributed by atoms with van der Waals surface area (Å²) in [5, 5.41) is 9.66. The minimum atomic E-state index is -0.421. The van der Waals surface area contributed by atoms with E-state index in [4.69, 9.17) is 0 Å². The van der Waals surface area contributed by atoms with Crippen molar-refractivity contribution < 1.29 is 5.11 Å². The van der Waals surface area contributed by atoms with E-state index in [2.05, 4.69) is 46.8 Å². The van der Waals surface area contributed by atoms with Gasteiger partial charge in [0.1, 0.15) is 0 Å². The molecule has 2 rings (SSSR count). The maximum absolute atomic E-state index is 9.66. The Morgan fingerprint density at radius 1 is 1.21 bits per heavy atom. The van der Waals surface area contributed by atoms with Gasteiger partial charge in [0, 0.05) is 23.2 Å². The Kier molecular flexibility index (Phi) is 4.91. The Hall–Kier alpha value is -0.540. The molecule has 1 aromatic carbocycles. The summed E-state index contributed by atoms with van der Waals surface area (Å²) in [7, 11) is 0. The molecule has 0 aromatic heterocycles. The summed E-state index contributed by atoms with van der Waals surface area (Å²) in [5.74, 6) is 1.67. The monoisotopic (exact) mass is 325 g/mol. The van der Waals surface area contributed by atoms with E-state index in [1.807, 2.05) is 6.07 Å². The molecule has 0 amide bonds. The molecule has 1 atom stereocenters. The number of anilines is 1. The number of rotatable bonds is 3. The molecular weight excluding hydrogens is 302 g/mol. The highest BCUT2D eigenvalue weighted by Gasteiger charge is 2.22. The van der Waals surface area contributed by atoms with E-state index >= 15 is 0 Å². The zero-order valence-corrected chi connectivity index (χ0v) is 13.7. The first-order chi connectivity index (χ1) is 8.99. The predicted molar refractivity (Wildman–Crippen MR) is 84.6 cm³/mol. The second-order valence-electron chi connectivity index (χ2n) is 5.95. The largest absolute Gasteiger partial charge is 0.389 e. The lowest BCUT2D eigenvalue weighted by molar-refractivity contribution is 0.198. The number of hydrogen-bond donors (Lipinski definition) is 1. The van der Waals surface area contributed by atoms with Crippen LogP contribution in [0.5, 0.6) is 0 Å². The molecule has 0 aliphatic carbocycles. The Morgan fingerprint density at radius 3 is 2.32 bits per heavy atom. The molecule has 1 heterocycles. The van der Waals surface area contributed by atoms with E-state index in [0.717, 1.165) is 35.0 Å². The Labute approximate surface area is 124 Å². The van der Waals surface area contributed by atoms with Crippen LogP contribution >= 0.6 is 15.9 Å². The quantitative estimate of drug-likeness (QED) is 0.891. The van der Waals surface area contributed by atoms with Gasteiger partial charge in [-0.15, -0.1) is 0 Å². The molecule has 1 fully saturated rings. The molecule has 1 aromatic rings. The van der Waals surface area contributed by atoms with Gasteiger partial charge in [0.05, 0.1) is 6.10 Å². The zero-order chi connectivity index (χ0) is 14.0. The van der Waals surface area contributed by atoms with Crippen LogP contribution in [-0.2, 0) is 0 Å². The molecule has 0 saturated carbocycles. The summed E-state index contributed by atoms with van der Waals surface area (Å²) >= 11 is 3.56. The van der Waals surface area contributed by atoms with Gasteiger partial charge in [-0.3, -0.25) is 0 Å². The average molecular weight is 326 g/mol. The molecule has 1 N–H and O–H groups in total. The van der Waals surface area contributed by atoms with E-state index in [-0.39, 0.29) is 0 Å². The third-order valence-electron chi connectivity index (χ3n) is 4.28. The number of hydrogen-bond acceptors (Lipinski definition) is 2. The summed E-state index contributed by atoms with van der Waals surface area (Å²) < 4.78 is 1.01. The summed E-state index contributed by atoms with van der Waals surface area (Å²) in [6, 6.07) is 6.29. The fraction of sp³-hybridized carbons (Fsp3) is 0.625. The van der Waals surface area contributed by atoms with Crippen LogP contribution in [0.3, 0.4) is 0 Å². The van der Waals surface area contributed by atoms with Crippen molar-refractivity contribution in [2.45, 2.75) is 39.7 Å². The number of piperidine rings is 1. The third kappa shape index (κ3) is 3.51. The van der Waals surface area contributed by atoms with Crippen molar-refractivity contribution in [3.63, 3.8) is 0 Å². The molecule has 0 radical (unpaired) electrons. The Morgan fingerprint density at radius 2 is 1.84 bits per heavy atom. The van der Waals surface area contributed by atoms with Gasteiger partial charge in [-0.05, 0) is 49.3 Å². The van der Waals surface area contributed by atoms with E-state index in [9.17, 15) is 5.11 Å². The maximum atomic E-state index is 9.66. The van der Waals surface area contributed by atoms with Crippen molar-refractivity contribution in [1.82, 2.24) is 0 Å². The van der Waals surface area contributed by atoms with E-state index in [0.29, 0.717) is 0 Å².